The molecule has 3 aromatic rings. The second-order valence-electron chi connectivity index (χ2n) is 7.66. The molecule has 0 bridgehead atoms. The minimum absolute atomic E-state index is 0.263. The molecule has 0 saturated carbocycles. The van der Waals surface area contributed by atoms with Crippen LogP contribution in [-0.2, 0) is 11.2 Å². The van der Waals surface area contributed by atoms with Crippen LogP contribution in [0.2, 0.25) is 5.02 Å². The van der Waals surface area contributed by atoms with Crippen LogP contribution in [0, 0.1) is 5.41 Å². The number of pyridine rings is 2. The molecule has 0 amide bonds. The molecule has 1 spiro atoms. The number of ether oxygens (including phenoxy) is 1. The number of imidazole rings is 1. The van der Waals surface area contributed by atoms with E-state index in [0.29, 0.717) is 10.4 Å². The summed E-state index contributed by atoms with van der Waals surface area (Å²) in [5.74, 6) is 0. The highest BCUT2D eigenvalue weighted by Crippen LogP contribution is 2.43. The van der Waals surface area contributed by atoms with Gasteiger partial charge in [-0.05, 0) is 56.6 Å². The van der Waals surface area contributed by atoms with E-state index in [1.54, 1.807) is 0 Å². The molecule has 0 aromatic carbocycles. The zero-order valence-corrected chi connectivity index (χ0v) is 16.0. The molecule has 1 N–H and O–H groups in total. The van der Waals surface area contributed by atoms with Gasteiger partial charge in [0.1, 0.15) is 5.65 Å². The van der Waals surface area contributed by atoms with Gasteiger partial charge in [-0.2, -0.15) is 0 Å². The summed E-state index contributed by atoms with van der Waals surface area (Å²) in [6.07, 6.45) is 8.44. The second-order valence-corrected chi connectivity index (χ2v) is 8.10. The minimum atomic E-state index is 0.263. The number of nitrogens with zero attached hydrogens (tertiary/aromatic N) is 3. The van der Waals surface area contributed by atoms with Crippen molar-refractivity contribution in [1.82, 2.24) is 19.7 Å². The SMILES string of the molecule is Clc1ccc2ncc(-c3cccc(C[C@@H]4OCCC45CCNCC5)n3)n2c1. The fourth-order valence-corrected chi connectivity index (χ4v) is 4.74. The van der Waals surface area contributed by atoms with Gasteiger partial charge in [0.05, 0.1) is 28.7 Å². The van der Waals surface area contributed by atoms with E-state index in [9.17, 15) is 0 Å². The van der Waals surface area contributed by atoms with Gasteiger partial charge in [0.25, 0.3) is 0 Å². The lowest BCUT2D eigenvalue weighted by Gasteiger charge is -2.37. The van der Waals surface area contributed by atoms with E-state index in [4.69, 9.17) is 21.3 Å². The first-order valence-corrected chi connectivity index (χ1v) is 10.0. The Morgan fingerprint density at radius 3 is 2.96 bits per heavy atom. The van der Waals surface area contributed by atoms with Crippen LogP contribution in [-0.4, -0.2) is 40.2 Å². The Morgan fingerprint density at radius 2 is 2.07 bits per heavy atom. The minimum Gasteiger partial charge on any atom is -0.377 e. The summed E-state index contributed by atoms with van der Waals surface area (Å²) in [7, 11) is 0. The number of piperidine rings is 1. The second kappa shape index (κ2) is 6.89. The van der Waals surface area contributed by atoms with Crippen LogP contribution in [0.15, 0.2) is 42.7 Å². The highest BCUT2D eigenvalue weighted by Gasteiger charge is 2.44. The number of fused-ring (bicyclic) bond motifs is 1. The van der Waals surface area contributed by atoms with Gasteiger partial charge in [-0.15, -0.1) is 0 Å². The van der Waals surface area contributed by atoms with Gasteiger partial charge in [0.15, 0.2) is 0 Å². The van der Waals surface area contributed by atoms with E-state index in [1.165, 1.54) is 19.3 Å². The van der Waals surface area contributed by atoms with Crippen LogP contribution < -0.4 is 5.32 Å². The fraction of sp³-hybridized carbons (Fsp3) is 0.429. The third-order valence-corrected chi connectivity index (χ3v) is 6.36. The van der Waals surface area contributed by atoms with E-state index in [-0.39, 0.29) is 6.10 Å². The summed E-state index contributed by atoms with van der Waals surface area (Å²) >= 11 is 6.17. The van der Waals surface area contributed by atoms with Crippen molar-refractivity contribution >= 4 is 17.2 Å². The number of hydrogen-bond acceptors (Lipinski definition) is 4. The average molecular weight is 383 g/mol. The average Bonchev–Trinajstić information content (AvgIpc) is 3.27. The quantitative estimate of drug-likeness (QED) is 0.749. The highest BCUT2D eigenvalue weighted by molar-refractivity contribution is 6.30. The van der Waals surface area contributed by atoms with Gasteiger partial charge in [-0.3, -0.25) is 9.38 Å². The predicted molar refractivity (Wildman–Crippen MR) is 106 cm³/mol. The van der Waals surface area contributed by atoms with E-state index in [2.05, 4.69) is 22.4 Å². The van der Waals surface area contributed by atoms with Crippen molar-refractivity contribution in [3.8, 4) is 11.4 Å². The smallest absolute Gasteiger partial charge is 0.137 e. The molecule has 2 aliphatic heterocycles. The summed E-state index contributed by atoms with van der Waals surface area (Å²) in [5.41, 5.74) is 4.14. The maximum Gasteiger partial charge on any atom is 0.137 e. The molecule has 140 valence electrons. The maximum atomic E-state index is 6.17. The normalized spacial score (nSPS) is 21.9. The van der Waals surface area contributed by atoms with Crippen molar-refractivity contribution in [2.75, 3.05) is 19.7 Å². The molecule has 5 nitrogen and oxygen atoms in total. The van der Waals surface area contributed by atoms with E-state index >= 15 is 0 Å². The standard InChI is InChI=1S/C21H23ClN4O/c22-15-4-5-20-24-13-18(26(20)14-15)17-3-1-2-16(25-17)12-19-21(8-11-27-19)6-9-23-10-7-21/h1-5,13-14,19,23H,6-12H2/t19-/m0/s1. The molecule has 1 atom stereocenters. The van der Waals surface area contributed by atoms with Gasteiger partial charge in [-0.25, -0.2) is 4.98 Å². The monoisotopic (exact) mass is 382 g/mol. The summed E-state index contributed by atoms with van der Waals surface area (Å²) in [6.45, 7) is 3.06. The van der Waals surface area contributed by atoms with Crippen LogP contribution in [0.5, 0.6) is 0 Å². The zero-order valence-electron chi connectivity index (χ0n) is 15.2. The lowest BCUT2D eigenvalue weighted by Crippen LogP contribution is -2.42. The third kappa shape index (κ3) is 3.14. The molecule has 2 aliphatic rings. The lowest BCUT2D eigenvalue weighted by molar-refractivity contribution is 0.0317. The van der Waals surface area contributed by atoms with Crippen LogP contribution in [0.3, 0.4) is 0 Å². The Morgan fingerprint density at radius 1 is 1.19 bits per heavy atom. The molecule has 2 fully saturated rings. The number of hydrogen-bond donors (Lipinski definition) is 1. The number of nitrogens with one attached hydrogen (secondary N) is 1. The van der Waals surface area contributed by atoms with Gasteiger partial charge in [-0.1, -0.05) is 17.7 Å². The van der Waals surface area contributed by atoms with Crippen LogP contribution >= 0.6 is 11.6 Å². The lowest BCUT2D eigenvalue weighted by atomic mass is 9.72. The van der Waals surface area contributed by atoms with Crippen molar-refractivity contribution in [2.24, 2.45) is 5.41 Å². The Hall–Kier alpha value is -1.95. The Balaban J connectivity index is 1.44. The van der Waals surface area contributed by atoms with Crippen molar-refractivity contribution in [3.05, 3.63) is 53.4 Å². The molecular weight excluding hydrogens is 360 g/mol. The van der Waals surface area contributed by atoms with Gasteiger partial charge in [0, 0.05) is 30.3 Å². The molecule has 6 heteroatoms. The Kier molecular flexibility index (Phi) is 4.38. The van der Waals surface area contributed by atoms with Gasteiger partial charge >= 0.3 is 0 Å². The van der Waals surface area contributed by atoms with E-state index < -0.39 is 0 Å². The van der Waals surface area contributed by atoms with Crippen LogP contribution in [0.4, 0.5) is 0 Å². The van der Waals surface area contributed by atoms with Crippen molar-refractivity contribution in [2.45, 2.75) is 31.8 Å². The Labute approximate surface area is 163 Å². The molecule has 0 aliphatic carbocycles. The molecule has 5 heterocycles. The Bertz CT molecular complexity index is 964. The summed E-state index contributed by atoms with van der Waals surface area (Å²) < 4.78 is 8.16. The zero-order chi connectivity index (χ0) is 18.3. The van der Waals surface area contributed by atoms with Crippen LogP contribution in [0.25, 0.3) is 17.0 Å². The first kappa shape index (κ1) is 17.2. The van der Waals surface area contributed by atoms with E-state index in [0.717, 1.165) is 48.8 Å². The molecule has 0 unspecified atom stereocenters. The van der Waals surface area contributed by atoms with Crippen molar-refractivity contribution in [3.63, 3.8) is 0 Å². The fourth-order valence-electron chi connectivity index (χ4n) is 4.58. The van der Waals surface area contributed by atoms with Crippen molar-refractivity contribution < 1.29 is 4.74 Å². The molecular formula is C21H23ClN4O. The van der Waals surface area contributed by atoms with Gasteiger partial charge in [0.2, 0.25) is 0 Å². The third-order valence-electron chi connectivity index (χ3n) is 6.13. The summed E-state index contributed by atoms with van der Waals surface area (Å²) in [5, 5.41) is 4.16. The topological polar surface area (TPSA) is 51.5 Å². The number of rotatable bonds is 3. The van der Waals surface area contributed by atoms with Crippen LogP contribution in [0.1, 0.15) is 25.0 Å². The molecule has 27 heavy (non-hydrogen) atoms. The molecule has 5 rings (SSSR count). The van der Waals surface area contributed by atoms with Gasteiger partial charge < -0.3 is 10.1 Å². The maximum absolute atomic E-state index is 6.17. The first-order valence-electron chi connectivity index (χ1n) is 9.65. The molecule has 2 saturated heterocycles. The largest absolute Gasteiger partial charge is 0.377 e. The van der Waals surface area contributed by atoms with Crippen molar-refractivity contribution in [1.29, 1.82) is 0 Å². The molecule has 0 radical (unpaired) electrons. The molecule has 3 aromatic heterocycles. The highest BCUT2D eigenvalue weighted by atomic mass is 35.5. The summed E-state index contributed by atoms with van der Waals surface area (Å²) in [4.78, 5) is 9.41. The predicted octanol–water partition coefficient (Wildman–Crippen LogP) is 3.75. The van der Waals surface area contributed by atoms with E-state index in [1.807, 2.05) is 35.0 Å². The number of aromatic nitrogens is 3. The number of halogens is 1. The first-order chi connectivity index (χ1) is 13.2. The summed E-state index contributed by atoms with van der Waals surface area (Å²) in [6, 6.07) is 9.99.